The van der Waals surface area contributed by atoms with Crippen LogP contribution in [0.2, 0.25) is 5.02 Å². The smallest absolute Gasteiger partial charge is 0.330 e. The van der Waals surface area contributed by atoms with Gasteiger partial charge in [0.15, 0.2) is 0 Å². The molecule has 1 aromatic rings. The number of unbranched alkanes of at least 4 members (excludes halogenated alkanes) is 3. The van der Waals surface area contributed by atoms with Crippen molar-refractivity contribution in [3.05, 3.63) is 41.9 Å². The summed E-state index contributed by atoms with van der Waals surface area (Å²) in [5, 5.41) is 0.619. The summed E-state index contributed by atoms with van der Waals surface area (Å²) in [5.74, 6) is -0.0604. The minimum absolute atomic E-state index is 0.0613. The Kier molecular flexibility index (Phi) is 10.1. The standard InChI is InChI=1S/C22H29ClO5/c1-2-21(24)27-16-6-4-3-5-15-26-19-11-7-17(8-12-19)22(25)28-20-13-9-18(23)10-14-20/h2,9-10,13-14,17,19H,1,3-8,11-12,15-16H2. The molecule has 2 rings (SSSR count). The average Bonchev–Trinajstić information content (AvgIpc) is 2.71. The maximum Gasteiger partial charge on any atom is 0.330 e. The van der Waals surface area contributed by atoms with Gasteiger partial charge in [0, 0.05) is 17.7 Å². The molecule has 154 valence electrons. The molecule has 0 atom stereocenters. The topological polar surface area (TPSA) is 61.8 Å². The number of carbonyl (C=O) groups excluding carboxylic acids is 2. The van der Waals surface area contributed by atoms with Crippen LogP contribution < -0.4 is 4.74 Å². The lowest BCUT2D eigenvalue weighted by Gasteiger charge is -2.27. The molecule has 0 saturated heterocycles. The number of hydrogen-bond acceptors (Lipinski definition) is 5. The zero-order chi connectivity index (χ0) is 20.2. The number of benzene rings is 1. The van der Waals surface area contributed by atoms with E-state index in [0.29, 0.717) is 17.4 Å². The molecule has 0 unspecified atom stereocenters. The highest BCUT2D eigenvalue weighted by atomic mass is 35.5. The van der Waals surface area contributed by atoms with Crippen LogP contribution >= 0.6 is 11.6 Å². The van der Waals surface area contributed by atoms with Crippen LogP contribution in [0.1, 0.15) is 51.4 Å². The van der Waals surface area contributed by atoms with Crippen LogP contribution in [0.25, 0.3) is 0 Å². The zero-order valence-electron chi connectivity index (χ0n) is 16.2. The Morgan fingerprint density at radius 2 is 1.64 bits per heavy atom. The molecule has 0 amide bonds. The van der Waals surface area contributed by atoms with Crippen LogP contribution in [0.15, 0.2) is 36.9 Å². The number of halogens is 1. The van der Waals surface area contributed by atoms with Crippen LogP contribution in [-0.2, 0) is 19.1 Å². The largest absolute Gasteiger partial charge is 0.463 e. The van der Waals surface area contributed by atoms with Gasteiger partial charge in [0.2, 0.25) is 0 Å². The SMILES string of the molecule is C=CC(=O)OCCCCCCOC1CCC(C(=O)Oc2ccc(Cl)cc2)CC1. The third-order valence-corrected chi connectivity index (χ3v) is 5.09. The first-order valence-electron chi connectivity index (χ1n) is 9.96. The van der Waals surface area contributed by atoms with Crippen LogP contribution in [0, 0.1) is 5.92 Å². The minimum Gasteiger partial charge on any atom is -0.463 e. The second-order valence-corrected chi connectivity index (χ2v) is 7.44. The summed E-state index contributed by atoms with van der Waals surface area (Å²) in [6, 6.07) is 6.84. The molecule has 0 bridgehead atoms. The molecule has 0 aromatic heterocycles. The third-order valence-electron chi connectivity index (χ3n) is 4.84. The molecular weight excluding hydrogens is 380 g/mol. The summed E-state index contributed by atoms with van der Waals surface area (Å²) >= 11 is 5.84. The van der Waals surface area contributed by atoms with Gasteiger partial charge in [0.25, 0.3) is 0 Å². The van der Waals surface area contributed by atoms with Crippen LogP contribution in [-0.4, -0.2) is 31.3 Å². The number of carbonyl (C=O) groups is 2. The van der Waals surface area contributed by atoms with Crippen molar-refractivity contribution in [2.24, 2.45) is 5.92 Å². The van der Waals surface area contributed by atoms with Gasteiger partial charge in [-0.25, -0.2) is 4.79 Å². The van der Waals surface area contributed by atoms with E-state index in [1.54, 1.807) is 24.3 Å². The molecule has 0 N–H and O–H groups in total. The van der Waals surface area contributed by atoms with Gasteiger partial charge in [-0.15, -0.1) is 0 Å². The summed E-state index contributed by atoms with van der Waals surface area (Å²) in [5.41, 5.74) is 0. The van der Waals surface area contributed by atoms with Crippen molar-refractivity contribution >= 4 is 23.5 Å². The first-order valence-corrected chi connectivity index (χ1v) is 10.3. The highest BCUT2D eigenvalue weighted by Crippen LogP contribution is 2.28. The third kappa shape index (κ3) is 8.44. The zero-order valence-corrected chi connectivity index (χ0v) is 17.0. The van der Waals surface area contributed by atoms with Gasteiger partial charge >= 0.3 is 11.9 Å². The van der Waals surface area contributed by atoms with Crippen molar-refractivity contribution in [1.82, 2.24) is 0 Å². The molecule has 5 nitrogen and oxygen atoms in total. The highest BCUT2D eigenvalue weighted by molar-refractivity contribution is 6.30. The molecular formula is C22H29ClO5. The normalized spacial score (nSPS) is 19.0. The fourth-order valence-corrected chi connectivity index (χ4v) is 3.33. The monoisotopic (exact) mass is 408 g/mol. The van der Waals surface area contributed by atoms with E-state index in [2.05, 4.69) is 6.58 Å². The Hall–Kier alpha value is -1.85. The first-order chi connectivity index (χ1) is 13.6. The fraction of sp³-hybridized carbons (Fsp3) is 0.545. The summed E-state index contributed by atoms with van der Waals surface area (Å²) in [7, 11) is 0. The minimum atomic E-state index is -0.365. The Balaban J connectivity index is 1.51. The van der Waals surface area contributed by atoms with E-state index < -0.39 is 0 Å². The predicted octanol–water partition coefficient (Wildman–Crippen LogP) is 5.11. The van der Waals surface area contributed by atoms with E-state index in [4.69, 9.17) is 25.8 Å². The Morgan fingerprint density at radius 1 is 1.00 bits per heavy atom. The molecule has 0 spiro atoms. The van der Waals surface area contributed by atoms with E-state index in [0.717, 1.165) is 58.0 Å². The van der Waals surface area contributed by atoms with Gasteiger partial charge in [-0.2, -0.15) is 0 Å². The molecule has 0 radical (unpaired) electrons. The van der Waals surface area contributed by atoms with Crippen molar-refractivity contribution in [1.29, 1.82) is 0 Å². The quantitative estimate of drug-likeness (QED) is 0.220. The average molecular weight is 409 g/mol. The van der Waals surface area contributed by atoms with Crippen molar-refractivity contribution in [3.8, 4) is 5.75 Å². The molecule has 6 heteroatoms. The second kappa shape index (κ2) is 12.6. The summed E-state index contributed by atoms with van der Waals surface area (Å²) in [4.78, 5) is 23.2. The van der Waals surface area contributed by atoms with Crippen LogP contribution in [0.3, 0.4) is 0 Å². The fourth-order valence-electron chi connectivity index (χ4n) is 3.21. The van der Waals surface area contributed by atoms with Gasteiger partial charge in [-0.3, -0.25) is 4.79 Å². The first kappa shape index (κ1) is 22.4. The van der Waals surface area contributed by atoms with E-state index >= 15 is 0 Å². The summed E-state index contributed by atoms with van der Waals surface area (Å²) in [6.45, 7) is 4.54. The maximum absolute atomic E-state index is 12.3. The van der Waals surface area contributed by atoms with Gasteiger partial charge in [-0.05, 0) is 69.2 Å². The highest BCUT2D eigenvalue weighted by Gasteiger charge is 2.28. The van der Waals surface area contributed by atoms with Gasteiger partial charge in [0.05, 0.1) is 18.6 Å². The molecule has 1 aliphatic rings. The second-order valence-electron chi connectivity index (χ2n) is 7.01. The van der Waals surface area contributed by atoms with E-state index in [1.165, 1.54) is 6.08 Å². The molecule has 0 heterocycles. The van der Waals surface area contributed by atoms with E-state index in [9.17, 15) is 9.59 Å². The molecule has 1 aromatic carbocycles. The maximum atomic E-state index is 12.3. The number of ether oxygens (including phenoxy) is 3. The molecule has 0 aliphatic heterocycles. The lowest BCUT2D eigenvalue weighted by molar-refractivity contribution is -0.141. The lowest BCUT2D eigenvalue weighted by Crippen LogP contribution is -2.29. The molecule has 28 heavy (non-hydrogen) atoms. The van der Waals surface area contributed by atoms with Crippen molar-refractivity contribution in [3.63, 3.8) is 0 Å². The van der Waals surface area contributed by atoms with Crippen LogP contribution in [0.4, 0.5) is 0 Å². The Labute approximate surface area is 172 Å². The van der Waals surface area contributed by atoms with Crippen molar-refractivity contribution in [2.75, 3.05) is 13.2 Å². The van der Waals surface area contributed by atoms with Crippen molar-refractivity contribution in [2.45, 2.75) is 57.5 Å². The Bertz CT molecular complexity index is 620. The number of rotatable bonds is 11. The van der Waals surface area contributed by atoms with Crippen molar-refractivity contribution < 1.29 is 23.8 Å². The van der Waals surface area contributed by atoms with Gasteiger partial charge < -0.3 is 14.2 Å². The predicted molar refractivity (Wildman–Crippen MR) is 108 cm³/mol. The summed E-state index contributed by atoms with van der Waals surface area (Å²) < 4.78 is 16.3. The van der Waals surface area contributed by atoms with Crippen LogP contribution in [0.5, 0.6) is 5.75 Å². The van der Waals surface area contributed by atoms with Gasteiger partial charge in [-0.1, -0.05) is 24.6 Å². The molecule has 1 fully saturated rings. The Morgan fingerprint density at radius 3 is 2.29 bits per heavy atom. The number of hydrogen-bond donors (Lipinski definition) is 0. The van der Waals surface area contributed by atoms with E-state index in [-0.39, 0.29) is 24.0 Å². The number of esters is 2. The molecule has 1 saturated carbocycles. The lowest BCUT2D eigenvalue weighted by atomic mass is 9.87. The van der Waals surface area contributed by atoms with Gasteiger partial charge in [0.1, 0.15) is 5.75 Å². The molecule has 1 aliphatic carbocycles. The van der Waals surface area contributed by atoms with E-state index in [1.807, 2.05) is 0 Å². The summed E-state index contributed by atoms with van der Waals surface area (Å²) in [6.07, 6.45) is 8.70.